The smallest absolute Gasteiger partial charge is 0.272 e. The summed E-state index contributed by atoms with van der Waals surface area (Å²) in [6, 6.07) is 5.27. The summed E-state index contributed by atoms with van der Waals surface area (Å²) in [5.41, 5.74) is 4.61. The molecule has 4 nitrogen and oxygen atoms in total. The third-order valence-electron chi connectivity index (χ3n) is 2.22. The van der Waals surface area contributed by atoms with Crippen LogP contribution in [-0.4, -0.2) is 10.3 Å². The molecular weight excluding hydrogens is 342 g/mol. The molecular formula is C11H7BrF2N2O2S. The number of halogens is 3. The number of benzene rings is 1. The molecule has 0 bridgehead atoms. The van der Waals surface area contributed by atoms with Gasteiger partial charge in [0.25, 0.3) is 12.3 Å². The summed E-state index contributed by atoms with van der Waals surface area (Å²) in [6.45, 7) is 0. The maximum atomic E-state index is 13.9. The highest BCUT2D eigenvalue weighted by Crippen LogP contribution is 2.36. The van der Waals surface area contributed by atoms with Crippen LogP contribution in [0.5, 0.6) is 5.75 Å². The lowest BCUT2D eigenvalue weighted by atomic mass is 10.2. The van der Waals surface area contributed by atoms with Crippen LogP contribution >= 0.6 is 27.5 Å². The van der Waals surface area contributed by atoms with Crippen molar-refractivity contribution in [2.45, 2.75) is 6.36 Å². The fraction of sp³-hybridized carbons (Fsp3) is 0.0909. The van der Waals surface area contributed by atoms with E-state index in [4.69, 9.17) is 10.5 Å². The monoisotopic (exact) mass is 348 g/mol. The highest BCUT2D eigenvalue weighted by Gasteiger charge is 2.23. The summed E-state index contributed by atoms with van der Waals surface area (Å²) in [7, 11) is 0. The molecule has 0 spiro atoms. The van der Waals surface area contributed by atoms with Gasteiger partial charge < -0.3 is 10.5 Å². The van der Waals surface area contributed by atoms with Crippen LogP contribution in [0.3, 0.4) is 0 Å². The van der Waals surface area contributed by atoms with Crippen molar-refractivity contribution in [2.75, 3.05) is 0 Å². The molecule has 19 heavy (non-hydrogen) atoms. The van der Waals surface area contributed by atoms with Gasteiger partial charge in [-0.15, -0.1) is 0 Å². The molecule has 0 aliphatic rings. The Labute approximate surface area is 119 Å². The van der Waals surface area contributed by atoms with Crippen LogP contribution in [0.1, 0.15) is 22.4 Å². The summed E-state index contributed by atoms with van der Waals surface area (Å²) >= 11 is 3.95. The summed E-state index contributed by atoms with van der Waals surface area (Å²) in [4.78, 5) is 11.1. The standard InChI is InChI=1S/C11H7BrF2N2O2S/c12-9-8(7(11(15)17)16-19-9)18-10(14)5-3-1-2-4-6(5)13/h1-4,10H,(H2,15,17). The Balaban J connectivity index is 2.29. The van der Waals surface area contributed by atoms with E-state index >= 15 is 0 Å². The zero-order chi connectivity index (χ0) is 14.0. The topological polar surface area (TPSA) is 65.2 Å². The van der Waals surface area contributed by atoms with Crippen LogP contribution in [0.25, 0.3) is 0 Å². The van der Waals surface area contributed by atoms with Crippen molar-refractivity contribution < 1.29 is 18.3 Å². The molecule has 2 rings (SSSR count). The SMILES string of the molecule is NC(=O)c1nsc(Br)c1OC(F)c1ccccc1F. The van der Waals surface area contributed by atoms with Gasteiger partial charge >= 0.3 is 0 Å². The van der Waals surface area contributed by atoms with Crippen molar-refractivity contribution in [3.63, 3.8) is 0 Å². The Hall–Kier alpha value is -1.54. The Morgan fingerprint density at radius 3 is 2.79 bits per heavy atom. The second kappa shape index (κ2) is 5.62. The predicted molar refractivity (Wildman–Crippen MR) is 69.2 cm³/mol. The number of aromatic nitrogens is 1. The van der Waals surface area contributed by atoms with E-state index in [0.717, 1.165) is 17.6 Å². The van der Waals surface area contributed by atoms with E-state index in [2.05, 4.69) is 20.3 Å². The molecule has 2 N–H and O–H groups in total. The molecule has 0 radical (unpaired) electrons. The van der Waals surface area contributed by atoms with Crippen molar-refractivity contribution in [1.29, 1.82) is 0 Å². The molecule has 0 saturated carbocycles. The number of amides is 1. The van der Waals surface area contributed by atoms with Crippen molar-refractivity contribution >= 4 is 33.4 Å². The number of alkyl halides is 1. The normalized spacial score (nSPS) is 12.2. The Morgan fingerprint density at radius 1 is 1.47 bits per heavy atom. The van der Waals surface area contributed by atoms with E-state index < -0.39 is 18.1 Å². The highest BCUT2D eigenvalue weighted by atomic mass is 79.9. The molecule has 8 heteroatoms. The minimum absolute atomic E-state index is 0.131. The van der Waals surface area contributed by atoms with E-state index in [1.807, 2.05) is 0 Å². The quantitative estimate of drug-likeness (QED) is 0.922. The molecule has 1 unspecified atom stereocenters. The van der Waals surface area contributed by atoms with E-state index in [9.17, 15) is 13.6 Å². The lowest BCUT2D eigenvalue weighted by Crippen LogP contribution is -2.14. The maximum absolute atomic E-state index is 13.9. The van der Waals surface area contributed by atoms with Gasteiger partial charge in [-0.25, -0.2) is 4.39 Å². The number of hydrogen-bond donors (Lipinski definition) is 1. The van der Waals surface area contributed by atoms with Crippen molar-refractivity contribution in [2.24, 2.45) is 5.73 Å². The van der Waals surface area contributed by atoms with E-state index in [0.29, 0.717) is 3.79 Å². The first kappa shape index (κ1) is 13.9. The number of rotatable bonds is 4. The largest absolute Gasteiger partial charge is 0.451 e. The van der Waals surface area contributed by atoms with Crippen LogP contribution in [-0.2, 0) is 0 Å². The number of carbonyl (C=O) groups is 1. The van der Waals surface area contributed by atoms with Gasteiger partial charge in [-0.1, -0.05) is 12.1 Å². The van der Waals surface area contributed by atoms with Crippen molar-refractivity contribution in [3.05, 3.63) is 45.1 Å². The molecule has 1 aromatic carbocycles. The summed E-state index contributed by atoms with van der Waals surface area (Å²) < 4.78 is 36.3. The van der Waals surface area contributed by atoms with Crippen LogP contribution in [0.15, 0.2) is 28.1 Å². The van der Waals surface area contributed by atoms with Gasteiger partial charge in [0.05, 0.1) is 5.56 Å². The second-order valence-corrected chi connectivity index (χ2v) is 5.54. The molecule has 1 atom stereocenters. The highest BCUT2D eigenvalue weighted by molar-refractivity contribution is 9.11. The number of ether oxygens (including phenoxy) is 1. The van der Waals surface area contributed by atoms with Gasteiger partial charge in [0.15, 0.2) is 11.4 Å². The minimum atomic E-state index is -2.06. The zero-order valence-corrected chi connectivity index (χ0v) is 11.7. The number of nitrogens with zero attached hydrogens (tertiary/aromatic N) is 1. The Bertz CT molecular complexity index is 620. The number of carbonyl (C=O) groups excluding carboxylic acids is 1. The van der Waals surface area contributed by atoms with Crippen LogP contribution < -0.4 is 10.5 Å². The molecule has 1 heterocycles. The first-order valence-corrected chi connectivity index (χ1v) is 6.57. The lowest BCUT2D eigenvalue weighted by Gasteiger charge is -2.12. The van der Waals surface area contributed by atoms with Crippen LogP contribution in [0.2, 0.25) is 0 Å². The molecule has 2 aromatic rings. The third-order valence-corrected chi connectivity index (χ3v) is 3.63. The van der Waals surface area contributed by atoms with Crippen LogP contribution in [0, 0.1) is 5.82 Å². The molecule has 0 aliphatic heterocycles. The summed E-state index contributed by atoms with van der Waals surface area (Å²) in [5, 5.41) is 0. The van der Waals surface area contributed by atoms with Crippen LogP contribution in [0.4, 0.5) is 8.78 Å². The fourth-order valence-electron chi connectivity index (χ4n) is 1.35. The number of hydrogen-bond acceptors (Lipinski definition) is 4. The molecule has 1 amide bonds. The number of nitrogens with two attached hydrogens (primary N) is 1. The maximum Gasteiger partial charge on any atom is 0.272 e. The zero-order valence-electron chi connectivity index (χ0n) is 9.27. The molecule has 100 valence electrons. The van der Waals surface area contributed by atoms with Crippen molar-refractivity contribution in [1.82, 2.24) is 4.37 Å². The van der Waals surface area contributed by atoms with Gasteiger partial charge in [0, 0.05) is 0 Å². The van der Waals surface area contributed by atoms with Gasteiger partial charge in [0.2, 0.25) is 0 Å². The van der Waals surface area contributed by atoms with Gasteiger partial charge in [-0.2, -0.15) is 8.76 Å². The molecule has 0 fully saturated rings. The van der Waals surface area contributed by atoms with E-state index in [-0.39, 0.29) is 17.0 Å². The van der Waals surface area contributed by atoms with E-state index in [1.165, 1.54) is 18.2 Å². The average molecular weight is 349 g/mol. The van der Waals surface area contributed by atoms with Gasteiger partial charge in [-0.3, -0.25) is 4.79 Å². The van der Waals surface area contributed by atoms with Gasteiger partial charge in [-0.05, 0) is 39.6 Å². The Kier molecular flexibility index (Phi) is 4.11. The summed E-state index contributed by atoms with van der Waals surface area (Å²) in [5.74, 6) is -1.72. The first-order valence-electron chi connectivity index (χ1n) is 5.01. The second-order valence-electron chi connectivity index (χ2n) is 3.45. The molecule has 0 aliphatic carbocycles. The first-order chi connectivity index (χ1) is 9.00. The predicted octanol–water partition coefficient (Wildman–Crippen LogP) is 3.19. The Morgan fingerprint density at radius 2 is 2.16 bits per heavy atom. The van der Waals surface area contributed by atoms with Crippen molar-refractivity contribution in [3.8, 4) is 5.75 Å². The van der Waals surface area contributed by atoms with Gasteiger partial charge in [0.1, 0.15) is 9.60 Å². The fourth-order valence-corrected chi connectivity index (χ4v) is 2.42. The third kappa shape index (κ3) is 2.90. The molecule has 1 aromatic heterocycles. The lowest BCUT2D eigenvalue weighted by molar-refractivity contribution is 0.0616. The average Bonchev–Trinajstić information content (AvgIpc) is 2.71. The minimum Gasteiger partial charge on any atom is -0.451 e. The molecule has 0 saturated heterocycles. The summed E-state index contributed by atoms with van der Waals surface area (Å²) in [6.07, 6.45) is -2.06. The van der Waals surface area contributed by atoms with E-state index in [1.54, 1.807) is 0 Å². The number of primary amides is 1.